The average Bonchev–Trinajstić information content (AvgIpc) is 2.04. The Balaban J connectivity index is 2.63. The van der Waals surface area contributed by atoms with Crippen LogP contribution in [0, 0.1) is 11.8 Å². The molecule has 1 unspecified atom stereocenters. The van der Waals surface area contributed by atoms with E-state index in [1.165, 1.54) is 38.5 Å². The Morgan fingerprint density at radius 1 is 1.31 bits per heavy atom. The van der Waals surface area contributed by atoms with Crippen molar-refractivity contribution in [2.24, 2.45) is 17.6 Å². The smallest absolute Gasteiger partial charge is 0.0185 e. The lowest BCUT2D eigenvalue weighted by molar-refractivity contribution is 0.133. The van der Waals surface area contributed by atoms with Crippen molar-refractivity contribution in [2.45, 2.75) is 64.8 Å². The Hall–Kier alpha value is -0.0400. The fourth-order valence-corrected chi connectivity index (χ4v) is 3.07. The maximum Gasteiger partial charge on any atom is 0.0185 e. The molecule has 0 aliphatic heterocycles. The van der Waals surface area contributed by atoms with E-state index in [-0.39, 0.29) is 5.54 Å². The second-order valence-electron chi connectivity index (χ2n) is 4.97. The second kappa shape index (κ2) is 4.45. The van der Waals surface area contributed by atoms with E-state index in [9.17, 15) is 0 Å². The molecule has 0 aromatic rings. The van der Waals surface area contributed by atoms with Gasteiger partial charge in [0.2, 0.25) is 0 Å². The summed E-state index contributed by atoms with van der Waals surface area (Å²) in [5.74, 6) is 1.63. The summed E-state index contributed by atoms with van der Waals surface area (Å²) in [6, 6.07) is 0. The molecule has 3 atom stereocenters. The van der Waals surface area contributed by atoms with E-state index in [4.69, 9.17) is 5.73 Å². The predicted molar refractivity (Wildman–Crippen MR) is 58.6 cm³/mol. The van der Waals surface area contributed by atoms with Crippen LogP contribution in [0.15, 0.2) is 0 Å². The zero-order valence-electron chi connectivity index (χ0n) is 9.47. The van der Waals surface area contributed by atoms with Gasteiger partial charge in [0.25, 0.3) is 0 Å². The highest BCUT2D eigenvalue weighted by atomic mass is 14.8. The molecule has 1 aliphatic carbocycles. The van der Waals surface area contributed by atoms with Gasteiger partial charge >= 0.3 is 0 Å². The first-order valence-electron chi connectivity index (χ1n) is 5.91. The number of nitrogens with two attached hydrogens (primary N) is 1. The monoisotopic (exact) mass is 183 g/mol. The highest BCUT2D eigenvalue weighted by Gasteiger charge is 2.37. The molecule has 1 heteroatoms. The fourth-order valence-electron chi connectivity index (χ4n) is 3.07. The minimum atomic E-state index is 0.168. The van der Waals surface area contributed by atoms with Crippen molar-refractivity contribution in [3.8, 4) is 0 Å². The van der Waals surface area contributed by atoms with Gasteiger partial charge in [-0.1, -0.05) is 40.0 Å². The van der Waals surface area contributed by atoms with Crippen LogP contribution in [-0.2, 0) is 0 Å². The molecule has 2 N–H and O–H groups in total. The van der Waals surface area contributed by atoms with Crippen molar-refractivity contribution in [3.05, 3.63) is 0 Å². The molecule has 0 spiro atoms. The van der Waals surface area contributed by atoms with Crippen LogP contribution in [0.1, 0.15) is 59.3 Å². The van der Waals surface area contributed by atoms with Gasteiger partial charge in [-0.2, -0.15) is 0 Å². The Labute approximate surface area is 83.1 Å². The highest BCUT2D eigenvalue weighted by molar-refractivity contribution is 4.95. The summed E-state index contributed by atoms with van der Waals surface area (Å²) >= 11 is 0. The first-order valence-corrected chi connectivity index (χ1v) is 5.91. The molecule has 1 saturated carbocycles. The zero-order valence-corrected chi connectivity index (χ0v) is 9.47. The van der Waals surface area contributed by atoms with Gasteiger partial charge in [0.15, 0.2) is 0 Å². The topological polar surface area (TPSA) is 26.0 Å². The van der Waals surface area contributed by atoms with Crippen LogP contribution in [0.25, 0.3) is 0 Å². The van der Waals surface area contributed by atoms with Gasteiger partial charge in [-0.05, 0) is 31.1 Å². The van der Waals surface area contributed by atoms with Crippen molar-refractivity contribution < 1.29 is 0 Å². The van der Waals surface area contributed by atoms with Gasteiger partial charge in [-0.15, -0.1) is 0 Å². The summed E-state index contributed by atoms with van der Waals surface area (Å²) in [5, 5.41) is 0. The van der Waals surface area contributed by atoms with E-state index in [0.29, 0.717) is 0 Å². The minimum absolute atomic E-state index is 0.168. The van der Waals surface area contributed by atoms with E-state index in [1.807, 2.05) is 0 Å². The summed E-state index contributed by atoms with van der Waals surface area (Å²) in [5.41, 5.74) is 6.68. The van der Waals surface area contributed by atoms with Crippen molar-refractivity contribution in [1.29, 1.82) is 0 Å². The van der Waals surface area contributed by atoms with Gasteiger partial charge in [-0.25, -0.2) is 0 Å². The Morgan fingerprint density at radius 3 is 2.54 bits per heavy atom. The molecule has 0 aromatic heterocycles. The van der Waals surface area contributed by atoms with Crippen LogP contribution in [0.5, 0.6) is 0 Å². The summed E-state index contributed by atoms with van der Waals surface area (Å²) in [7, 11) is 0. The third-order valence-corrected chi connectivity index (χ3v) is 3.76. The normalized spacial score (nSPS) is 40.6. The molecule has 78 valence electrons. The largest absolute Gasteiger partial charge is 0.325 e. The van der Waals surface area contributed by atoms with E-state index < -0.39 is 0 Å². The van der Waals surface area contributed by atoms with Gasteiger partial charge in [-0.3, -0.25) is 0 Å². The molecule has 13 heavy (non-hydrogen) atoms. The first kappa shape index (κ1) is 11.0. The molecule has 0 heterocycles. The van der Waals surface area contributed by atoms with Gasteiger partial charge in [0.1, 0.15) is 0 Å². The Morgan fingerprint density at radius 2 is 2.00 bits per heavy atom. The minimum Gasteiger partial charge on any atom is -0.325 e. The summed E-state index contributed by atoms with van der Waals surface area (Å²) < 4.78 is 0. The van der Waals surface area contributed by atoms with Gasteiger partial charge in [0.05, 0.1) is 0 Å². The Kier molecular flexibility index (Phi) is 3.78. The van der Waals surface area contributed by atoms with Crippen LogP contribution in [-0.4, -0.2) is 5.54 Å². The highest BCUT2D eigenvalue weighted by Crippen LogP contribution is 2.39. The standard InChI is InChI=1S/C12H25N/c1-4-8-12(13)9-10(3)6-7-11(12)5-2/h10-11H,4-9,13H2,1-3H3/t10?,11-,12-/m0/s1. The van der Waals surface area contributed by atoms with Crippen LogP contribution < -0.4 is 5.73 Å². The van der Waals surface area contributed by atoms with E-state index in [1.54, 1.807) is 0 Å². The van der Waals surface area contributed by atoms with Gasteiger partial charge in [0, 0.05) is 5.54 Å². The van der Waals surface area contributed by atoms with Crippen LogP contribution >= 0.6 is 0 Å². The molecule has 1 rings (SSSR count). The van der Waals surface area contributed by atoms with Crippen molar-refractivity contribution in [1.82, 2.24) is 0 Å². The number of hydrogen-bond acceptors (Lipinski definition) is 1. The van der Waals surface area contributed by atoms with E-state index >= 15 is 0 Å². The predicted octanol–water partition coefficient (Wildman–Crippen LogP) is 3.33. The third kappa shape index (κ3) is 2.46. The lowest BCUT2D eigenvalue weighted by Gasteiger charge is -2.43. The second-order valence-corrected chi connectivity index (χ2v) is 4.97. The lowest BCUT2D eigenvalue weighted by atomic mass is 9.66. The summed E-state index contributed by atoms with van der Waals surface area (Å²) in [4.78, 5) is 0. The molecule has 0 aromatic carbocycles. The molecule has 1 aliphatic rings. The summed E-state index contributed by atoms with van der Waals surface area (Å²) in [6.07, 6.45) is 7.72. The maximum absolute atomic E-state index is 6.51. The van der Waals surface area contributed by atoms with Crippen LogP contribution in [0.3, 0.4) is 0 Å². The van der Waals surface area contributed by atoms with Gasteiger partial charge < -0.3 is 5.73 Å². The number of rotatable bonds is 3. The molecule has 1 fully saturated rings. The van der Waals surface area contributed by atoms with E-state index in [0.717, 1.165) is 11.8 Å². The molecule has 0 bridgehead atoms. The first-order chi connectivity index (χ1) is 6.12. The molecule has 0 radical (unpaired) electrons. The molecule has 0 saturated heterocycles. The molecular weight excluding hydrogens is 158 g/mol. The van der Waals surface area contributed by atoms with E-state index in [2.05, 4.69) is 20.8 Å². The van der Waals surface area contributed by atoms with Crippen molar-refractivity contribution in [2.75, 3.05) is 0 Å². The SMILES string of the molecule is CCC[C@]1(N)CC(C)CC[C@@H]1CC. The van der Waals surface area contributed by atoms with Crippen LogP contribution in [0.2, 0.25) is 0 Å². The summed E-state index contributed by atoms with van der Waals surface area (Å²) in [6.45, 7) is 6.89. The maximum atomic E-state index is 6.51. The third-order valence-electron chi connectivity index (χ3n) is 3.76. The average molecular weight is 183 g/mol. The number of hydrogen-bond donors (Lipinski definition) is 1. The molecule has 1 nitrogen and oxygen atoms in total. The Bertz CT molecular complexity index is 155. The van der Waals surface area contributed by atoms with Crippen molar-refractivity contribution in [3.63, 3.8) is 0 Å². The fraction of sp³-hybridized carbons (Fsp3) is 1.00. The van der Waals surface area contributed by atoms with Crippen LogP contribution in [0.4, 0.5) is 0 Å². The van der Waals surface area contributed by atoms with Crippen molar-refractivity contribution >= 4 is 0 Å². The molecular formula is C12H25N. The lowest BCUT2D eigenvalue weighted by Crippen LogP contribution is -2.50. The quantitative estimate of drug-likeness (QED) is 0.713. The molecule has 0 amide bonds. The zero-order chi connectivity index (χ0) is 9.90.